The molecule has 0 aromatic heterocycles. The molecule has 0 saturated heterocycles. The van der Waals surface area contributed by atoms with Gasteiger partial charge in [0.1, 0.15) is 12.7 Å². The maximum Gasteiger partial charge on any atom is 0.472 e. The molecule has 0 aromatic carbocycles. The Morgan fingerprint density at radius 3 is 1.19 bits per heavy atom. The normalized spacial score (nSPS) is 14.0. The Morgan fingerprint density at radius 2 is 0.736 bits per heavy atom. The molecule has 414 valence electrons. The van der Waals surface area contributed by atoms with Crippen molar-refractivity contribution in [1.82, 2.24) is 0 Å². The predicted octanol–water partition coefficient (Wildman–Crippen LogP) is 16.7. The van der Waals surface area contributed by atoms with Crippen molar-refractivity contribution in [2.75, 3.05) is 26.4 Å². The molecule has 0 aromatic rings. The van der Waals surface area contributed by atoms with Gasteiger partial charge in [-0.1, -0.05) is 196 Å². The number of phosphoric ester groups is 1. The fourth-order valence-electron chi connectivity index (χ4n) is 7.42. The van der Waals surface area contributed by atoms with Crippen LogP contribution in [0.4, 0.5) is 0 Å². The van der Waals surface area contributed by atoms with Gasteiger partial charge in [0.05, 0.1) is 19.8 Å². The van der Waals surface area contributed by atoms with Crippen LogP contribution in [0.5, 0.6) is 0 Å². The van der Waals surface area contributed by atoms with Gasteiger partial charge < -0.3 is 24.2 Å². The average molecular weight is 1030 g/mol. The molecule has 0 aliphatic heterocycles. The lowest BCUT2D eigenvalue weighted by atomic mass is 10.1. The quantitative estimate of drug-likeness (QED) is 0.0197. The van der Waals surface area contributed by atoms with E-state index in [4.69, 9.17) is 23.3 Å². The molecule has 0 heterocycles. The van der Waals surface area contributed by atoms with Crippen molar-refractivity contribution in [1.29, 1.82) is 0 Å². The smallest absolute Gasteiger partial charge is 0.462 e. The molecule has 0 rings (SSSR count). The number of hydrogen-bond acceptors (Lipinski definition) is 10. The van der Waals surface area contributed by atoms with E-state index in [1.54, 1.807) is 0 Å². The van der Waals surface area contributed by atoms with Gasteiger partial charge in [-0.2, -0.15) is 0 Å². The molecule has 72 heavy (non-hydrogen) atoms. The van der Waals surface area contributed by atoms with Crippen LogP contribution in [0.1, 0.15) is 239 Å². The van der Waals surface area contributed by atoms with E-state index < -0.39 is 57.8 Å². The average Bonchev–Trinajstić information content (AvgIpc) is 3.37. The highest BCUT2D eigenvalue weighted by Crippen LogP contribution is 2.43. The van der Waals surface area contributed by atoms with Crippen LogP contribution in [-0.2, 0) is 42.2 Å². The van der Waals surface area contributed by atoms with Gasteiger partial charge in [0.2, 0.25) is 0 Å². The number of allylic oxidation sites excluding steroid dienone is 14. The van der Waals surface area contributed by atoms with Gasteiger partial charge in [-0.05, 0) is 109 Å². The Bertz CT molecular complexity index is 1530. The largest absolute Gasteiger partial charge is 0.472 e. The zero-order valence-corrected chi connectivity index (χ0v) is 46.5. The van der Waals surface area contributed by atoms with Gasteiger partial charge in [0.15, 0.2) is 6.10 Å². The standard InChI is InChI=1S/C60H103O11P/c1-4-7-10-13-16-19-22-24-26-27-28-29-31-33-36-39-42-45-48-51-60(64)71-57(53-67-58(62)49-46-43-40-37-35-32-30-25-23-20-17-14-11-8-5-2)55-69-72(65,66)68-54-56(52-61)70-59(63)50-47-44-41-38-34-21-18-15-12-9-6-3/h8,11,15-20,24-26,30,35,37,56-57,61H,4-7,9-10,12-14,21-23,27-29,31-34,36,38-55H2,1-3H3,(H,65,66)/b11-8-,18-15-,19-16-,20-17-,26-24-,30-25-,37-35-. The number of hydrogen-bond donors (Lipinski definition) is 2. The molecule has 0 radical (unpaired) electrons. The zero-order chi connectivity index (χ0) is 52.7. The number of rotatable bonds is 52. The van der Waals surface area contributed by atoms with Crippen LogP contribution < -0.4 is 0 Å². The lowest BCUT2D eigenvalue weighted by molar-refractivity contribution is -0.161. The SMILES string of the molecule is CC/C=C\C/C=C\C/C=C\C/C=C\CCCCC(=O)OCC(COP(=O)(O)OCC(CO)OC(=O)CCCCCCC/C=C\CCCC)OC(=O)CCCCCCCCCCC/C=C\C/C=C\CCCCC. The Labute approximate surface area is 439 Å². The molecule has 3 atom stereocenters. The molecule has 12 heteroatoms. The van der Waals surface area contributed by atoms with Gasteiger partial charge >= 0.3 is 25.7 Å². The maximum absolute atomic E-state index is 12.9. The summed E-state index contributed by atoms with van der Waals surface area (Å²) in [7, 11) is -4.76. The number of ether oxygens (including phenoxy) is 3. The summed E-state index contributed by atoms with van der Waals surface area (Å²) in [5.41, 5.74) is 0. The van der Waals surface area contributed by atoms with E-state index >= 15 is 0 Å². The highest BCUT2D eigenvalue weighted by atomic mass is 31.2. The van der Waals surface area contributed by atoms with Crippen molar-refractivity contribution in [2.24, 2.45) is 0 Å². The second-order valence-corrected chi connectivity index (χ2v) is 20.2. The van der Waals surface area contributed by atoms with Gasteiger partial charge in [-0.15, -0.1) is 0 Å². The molecule has 0 amide bonds. The zero-order valence-electron chi connectivity index (χ0n) is 45.6. The number of aliphatic hydroxyl groups excluding tert-OH is 1. The predicted molar refractivity (Wildman–Crippen MR) is 298 cm³/mol. The fourth-order valence-corrected chi connectivity index (χ4v) is 8.20. The van der Waals surface area contributed by atoms with Crippen molar-refractivity contribution in [3.05, 3.63) is 85.1 Å². The van der Waals surface area contributed by atoms with E-state index in [9.17, 15) is 28.9 Å². The lowest BCUT2D eigenvalue weighted by Gasteiger charge is -2.21. The molecule has 0 bridgehead atoms. The first kappa shape index (κ1) is 68.7. The number of unbranched alkanes of at least 4 members (excludes halogenated alkanes) is 21. The second-order valence-electron chi connectivity index (χ2n) is 18.7. The van der Waals surface area contributed by atoms with Crippen LogP contribution in [0, 0.1) is 0 Å². The van der Waals surface area contributed by atoms with E-state index in [-0.39, 0.29) is 25.9 Å². The summed E-state index contributed by atoms with van der Waals surface area (Å²) in [6.45, 7) is 4.40. The summed E-state index contributed by atoms with van der Waals surface area (Å²) < 4.78 is 39.4. The monoisotopic (exact) mass is 1030 g/mol. The van der Waals surface area contributed by atoms with Gasteiger partial charge in [-0.25, -0.2) is 4.57 Å². The molecule has 0 fully saturated rings. The van der Waals surface area contributed by atoms with E-state index in [1.165, 1.54) is 70.6 Å². The third kappa shape index (κ3) is 51.6. The Hall–Kier alpha value is -3.34. The summed E-state index contributed by atoms with van der Waals surface area (Å²) >= 11 is 0. The highest BCUT2D eigenvalue weighted by Gasteiger charge is 2.28. The maximum atomic E-state index is 12.9. The Kier molecular flexibility index (Phi) is 51.4. The number of carbonyl (C=O) groups excluding carboxylic acids is 3. The van der Waals surface area contributed by atoms with Crippen molar-refractivity contribution >= 4 is 25.7 Å². The van der Waals surface area contributed by atoms with E-state index in [1.807, 2.05) is 0 Å². The first-order valence-corrected chi connectivity index (χ1v) is 30.0. The summed E-state index contributed by atoms with van der Waals surface area (Å²) in [5, 5.41) is 9.79. The van der Waals surface area contributed by atoms with Gasteiger partial charge in [0.25, 0.3) is 0 Å². The fraction of sp³-hybridized carbons (Fsp3) is 0.717. The van der Waals surface area contributed by atoms with Crippen LogP contribution in [-0.4, -0.2) is 66.5 Å². The second kappa shape index (κ2) is 53.9. The topological polar surface area (TPSA) is 155 Å². The van der Waals surface area contributed by atoms with E-state index in [2.05, 4.69) is 106 Å². The van der Waals surface area contributed by atoms with Crippen LogP contribution in [0.25, 0.3) is 0 Å². The van der Waals surface area contributed by atoms with Crippen molar-refractivity contribution in [3.63, 3.8) is 0 Å². The molecular weight excluding hydrogens is 928 g/mol. The summed E-state index contributed by atoms with van der Waals surface area (Å²) in [6, 6.07) is 0. The first-order chi connectivity index (χ1) is 35.2. The summed E-state index contributed by atoms with van der Waals surface area (Å²) in [4.78, 5) is 48.5. The third-order valence-electron chi connectivity index (χ3n) is 11.8. The molecule has 0 aliphatic carbocycles. The molecule has 11 nitrogen and oxygen atoms in total. The summed E-state index contributed by atoms with van der Waals surface area (Å²) in [6.07, 6.45) is 61.2. The molecule has 3 unspecified atom stereocenters. The van der Waals surface area contributed by atoms with Crippen molar-refractivity contribution < 1.29 is 52.2 Å². The minimum atomic E-state index is -4.76. The van der Waals surface area contributed by atoms with Gasteiger partial charge in [-0.3, -0.25) is 23.4 Å². The highest BCUT2D eigenvalue weighted by molar-refractivity contribution is 7.47. The number of carbonyl (C=O) groups is 3. The van der Waals surface area contributed by atoms with E-state index in [0.717, 1.165) is 109 Å². The molecular formula is C60H103O11P. The number of phosphoric acid groups is 1. The molecule has 0 saturated carbocycles. The minimum Gasteiger partial charge on any atom is -0.462 e. The Morgan fingerprint density at radius 1 is 0.403 bits per heavy atom. The van der Waals surface area contributed by atoms with Crippen LogP contribution >= 0.6 is 7.82 Å². The molecule has 0 aliphatic rings. The summed E-state index contributed by atoms with van der Waals surface area (Å²) in [5.74, 6) is -1.53. The first-order valence-electron chi connectivity index (χ1n) is 28.5. The molecule has 2 N–H and O–H groups in total. The number of aliphatic hydroxyl groups is 1. The number of esters is 3. The molecule has 0 spiro atoms. The van der Waals surface area contributed by atoms with Gasteiger partial charge in [0, 0.05) is 19.3 Å². The van der Waals surface area contributed by atoms with Crippen LogP contribution in [0.2, 0.25) is 0 Å². The minimum absolute atomic E-state index is 0.150. The van der Waals surface area contributed by atoms with Crippen LogP contribution in [0.15, 0.2) is 85.1 Å². The van der Waals surface area contributed by atoms with Crippen LogP contribution in [0.3, 0.4) is 0 Å². The van der Waals surface area contributed by atoms with Crippen molar-refractivity contribution in [2.45, 2.75) is 251 Å². The lowest BCUT2D eigenvalue weighted by Crippen LogP contribution is -2.30. The van der Waals surface area contributed by atoms with Crippen molar-refractivity contribution in [3.8, 4) is 0 Å². The van der Waals surface area contributed by atoms with E-state index in [0.29, 0.717) is 19.3 Å². The Balaban J connectivity index is 4.79. The third-order valence-corrected chi connectivity index (χ3v) is 12.7.